The molecule has 2 aromatic carbocycles. The van der Waals surface area contributed by atoms with Gasteiger partial charge >= 0.3 is 0 Å². The molecule has 1 aromatic heterocycles. The molecule has 5 heteroatoms. The Hall–Kier alpha value is -2.30. The van der Waals surface area contributed by atoms with Gasteiger partial charge in [0, 0.05) is 35.3 Å². The Morgan fingerprint density at radius 3 is 2.43 bits per heavy atom. The summed E-state index contributed by atoms with van der Waals surface area (Å²) in [6.07, 6.45) is 0. The predicted molar refractivity (Wildman–Crippen MR) is 94.1 cm³/mol. The minimum Gasteiger partial charge on any atom is -0.497 e. The SMILES string of the molecule is COc1ccc(-c2c(CN)n(C)c(=O)c3ccc(Cl)cc23)cc1. The molecule has 118 valence electrons. The van der Waals surface area contributed by atoms with Crippen molar-refractivity contribution in [1.82, 2.24) is 4.57 Å². The molecule has 4 nitrogen and oxygen atoms in total. The number of fused-ring (bicyclic) bond motifs is 1. The van der Waals surface area contributed by atoms with E-state index in [0.29, 0.717) is 10.4 Å². The molecule has 3 aromatic rings. The molecule has 3 rings (SSSR count). The molecule has 1 heterocycles. The van der Waals surface area contributed by atoms with E-state index in [4.69, 9.17) is 22.1 Å². The summed E-state index contributed by atoms with van der Waals surface area (Å²) in [6.45, 7) is 0.259. The van der Waals surface area contributed by atoms with Gasteiger partial charge in [0.1, 0.15) is 5.75 Å². The zero-order chi connectivity index (χ0) is 16.6. The number of ether oxygens (including phenoxy) is 1. The summed E-state index contributed by atoms with van der Waals surface area (Å²) < 4.78 is 6.82. The molecular weight excluding hydrogens is 312 g/mol. The van der Waals surface area contributed by atoms with Gasteiger partial charge in [0.2, 0.25) is 0 Å². The zero-order valence-corrected chi connectivity index (χ0v) is 13.7. The van der Waals surface area contributed by atoms with Gasteiger partial charge in [-0.1, -0.05) is 23.7 Å². The first-order valence-corrected chi connectivity index (χ1v) is 7.60. The highest BCUT2D eigenvalue weighted by Gasteiger charge is 2.15. The Bertz CT molecular complexity index is 930. The van der Waals surface area contributed by atoms with Crippen molar-refractivity contribution >= 4 is 22.4 Å². The number of aromatic nitrogens is 1. The molecule has 0 unspecified atom stereocenters. The van der Waals surface area contributed by atoms with Crippen LogP contribution in [0.3, 0.4) is 0 Å². The van der Waals surface area contributed by atoms with Crippen LogP contribution in [-0.2, 0) is 13.6 Å². The van der Waals surface area contributed by atoms with E-state index >= 15 is 0 Å². The van der Waals surface area contributed by atoms with Crippen LogP contribution in [0, 0.1) is 0 Å². The van der Waals surface area contributed by atoms with Gasteiger partial charge < -0.3 is 15.0 Å². The highest BCUT2D eigenvalue weighted by Crippen LogP contribution is 2.32. The first-order chi connectivity index (χ1) is 11.1. The number of hydrogen-bond acceptors (Lipinski definition) is 3. The highest BCUT2D eigenvalue weighted by atomic mass is 35.5. The molecule has 23 heavy (non-hydrogen) atoms. The summed E-state index contributed by atoms with van der Waals surface area (Å²) in [4.78, 5) is 12.5. The lowest BCUT2D eigenvalue weighted by molar-refractivity contribution is 0.415. The van der Waals surface area contributed by atoms with E-state index < -0.39 is 0 Å². The minimum absolute atomic E-state index is 0.0746. The zero-order valence-electron chi connectivity index (χ0n) is 13.0. The maximum atomic E-state index is 12.5. The maximum absolute atomic E-state index is 12.5. The van der Waals surface area contributed by atoms with Crippen LogP contribution in [0.4, 0.5) is 0 Å². The second-order valence-electron chi connectivity index (χ2n) is 5.31. The Kier molecular flexibility index (Phi) is 4.11. The number of pyridine rings is 1. The fraction of sp³-hybridized carbons (Fsp3) is 0.167. The van der Waals surface area contributed by atoms with Crippen molar-refractivity contribution in [1.29, 1.82) is 0 Å². The van der Waals surface area contributed by atoms with Crippen LogP contribution < -0.4 is 16.0 Å². The largest absolute Gasteiger partial charge is 0.497 e. The molecule has 0 amide bonds. The van der Waals surface area contributed by atoms with Gasteiger partial charge in [-0.05, 0) is 41.3 Å². The molecule has 0 atom stereocenters. The van der Waals surface area contributed by atoms with E-state index in [-0.39, 0.29) is 12.1 Å². The predicted octanol–water partition coefficient (Wildman–Crippen LogP) is 3.33. The molecule has 0 saturated carbocycles. The third kappa shape index (κ3) is 2.60. The van der Waals surface area contributed by atoms with E-state index in [2.05, 4.69) is 0 Å². The number of benzene rings is 2. The minimum atomic E-state index is -0.0746. The molecule has 0 aliphatic rings. The molecule has 0 bridgehead atoms. The normalized spacial score (nSPS) is 11.0. The number of rotatable bonds is 3. The van der Waals surface area contributed by atoms with Gasteiger partial charge in [-0.3, -0.25) is 4.79 Å². The first kappa shape index (κ1) is 15.6. The van der Waals surface area contributed by atoms with Gasteiger partial charge in [-0.2, -0.15) is 0 Å². The van der Waals surface area contributed by atoms with Crippen molar-refractivity contribution in [3.05, 3.63) is 63.5 Å². The molecule has 0 saturated heterocycles. The van der Waals surface area contributed by atoms with Crippen LogP contribution in [0.15, 0.2) is 47.3 Å². The third-order valence-corrected chi connectivity index (χ3v) is 4.29. The Labute approximate surface area is 139 Å². The van der Waals surface area contributed by atoms with Gasteiger partial charge in [-0.15, -0.1) is 0 Å². The number of nitrogens with zero attached hydrogens (tertiary/aromatic N) is 1. The smallest absolute Gasteiger partial charge is 0.258 e. The second kappa shape index (κ2) is 6.07. The summed E-state index contributed by atoms with van der Waals surface area (Å²) in [5.41, 5.74) is 8.52. The van der Waals surface area contributed by atoms with Crippen molar-refractivity contribution in [3.63, 3.8) is 0 Å². The van der Waals surface area contributed by atoms with Crippen molar-refractivity contribution in [3.8, 4) is 16.9 Å². The molecule has 0 aliphatic heterocycles. The summed E-state index contributed by atoms with van der Waals surface area (Å²) in [5, 5.41) is 2.02. The maximum Gasteiger partial charge on any atom is 0.258 e. The fourth-order valence-electron chi connectivity index (χ4n) is 2.86. The van der Waals surface area contributed by atoms with Crippen LogP contribution in [0.1, 0.15) is 5.69 Å². The summed E-state index contributed by atoms with van der Waals surface area (Å²) >= 11 is 6.15. The van der Waals surface area contributed by atoms with E-state index in [1.165, 1.54) is 0 Å². The quantitative estimate of drug-likeness (QED) is 0.802. The van der Waals surface area contributed by atoms with Crippen molar-refractivity contribution < 1.29 is 4.74 Å². The fourth-order valence-corrected chi connectivity index (χ4v) is 3.03. The van der Waals surface area contributed by atoms with E-state index in [1.807, 2.05) is 30.3 Å². The van der Waals surface area contributed by atoms with Gasteiger partial charge in [0.05, 0.1) is 7.11 Å². The average molecular weight is 329 g/mol. The summed E-state index contributed by atoms with van der Waals surface area (Å²) in [5.74, 6) is 0.773. The van der Waals surface area contributed by atoms with E-state index in [0.717, 1.165) is 28.0 Å². The highest BCUT2D eigenvalue weighted by molar-refractivity contribution is 6.31. The van der Waals surface area contributed by atoms with Gasteiger partial charge in [-0.25, -0.2) is 0 Å². The van der Waals surface area contributed by atoms with Crippen molar-refractivity contribution in [2.45, 2.75) is 6.54 Å². The van der Waals surface area contributed by atoms with Crippen molar-refractivity contribution in [2.24, 2.45) is 12.8 Å². The Morgan fingerprint density at radius 1 is 1.13 bits per heavy atom. The molecule has 0 aliphatic carbocycles. The Balaban J connectivity index is 2.43. The average Bonchev–Trinajstić information content (AvgIpc) is 2.58. The van der Waals surface area contributed by atoms with Gasteiger partial charge in [0.15, 0.2) is 0 Å². The second-order valence-corrected chi connectivity index (χ2v) is 5.74. The standard InChI is InChI=1S/C18H17ClN2O2/c1-21-16(10-20)17(11-3-6-13(23-2)7-4-11)15-9-12(19)5-8-14(15)18(21)22/h3-9H,10,20H2,1-2H3. The lowest BCUT2D eigenvalue weighted by Gasteiger charge is -2.17. The third-order valence-electron chi connectivity index (χ3n) is 4.05. The molecule has 0 fully saturated rings. The number of methoxy groups -OCH3 is 1. The van der Waals surface area contributed by atoms with E-state index in [1.54, 1.807) is 30.9 Å². The van der Waals surface area contributed by atoms with Crippen LogP contribution in [0.2, 0.25) is 5.02 Å². The lowest BCUT2D eigenvalue weighted by atomic mass is 9.96. The van der Waals surface area contributed by atoms with Gasteiger partial charge in [0.25, 0.3) is 5.56 Å². The molecule has 0 spiro atoms. The van der Waals surface area contributed by atoms with Crippen LogP contribution in [-0.4, -0.2) is 11.7 Å². The molecule has 2 N–H and O–H groups in total. The number of hydrogen-bond donors (Lipinski definition) is 1. The Morgan fingerprint density at radius 2 is 1.83 bits per heavy atom. The molecular formula is C18H17ClN2O2. The van der Waals surface area contributed by atoms with Crippen LogP contribution in [0.25, 0.3) is 21.9 Å². The monoisotopic (exact) mass is 328 g/mol. The summed E-state index contributed by atoms with van der Waals surface area (Å²) in [6, 6.07) is 13.0. The molecule has 0 radical (unpaired) electrons. The van der Waals surface area contributed by atoms with Crippen LogP contribution in [0.5, 0.6) is 5.75 Å². The van der Waals surface area contributed by atoms with Crippen molar-refractivity contribution in [2.75, 3.05) is 7.11 Å². The lowest BCUT2D eigenvalue weighted by Crippen LogP contribution is -2.23. The summed E-state index contributed by atoms with van der Waals surface area (Å²) in [7, 11) is 3.37. The van der Waals surface area contributed by atoms with E-state index in [9.17, 15) is 4.79 Å². The topological polar surface area (TPSA) is 57.2 Å². The number of halogens is 1. The first-order valence-electron chi connectivity index (χ1n) is 7.22. The van der Waals surface area contributed by atoms with Crippen LogP contribution >= 0.6 is 11.6 Å². The number of nitrogens with two attached hydrogens (primary N) is 1.